The van der Waals surface area contributed by atoms with Crippen molar-refractivity contribution in [2.24, 2.45) is 11.8 Å². The number of rotatable bonds is 4. The fourth-order valence-corrected chi connectivity index (χ4v) is 2.51. The normalized spacial score (nSPS) is 31.3. The van der Waals surface area contributed by atoms with Gasteiger partial charge in [0.2, 0.25) is 0 Å². The van der Waals surface area contributed by atoms with Crippen LogP contribution in [0.4, 0.5) is 0 Å². The molecule has 0 spiro atoms. The van der Waals surface area contributed by atoms with Crippen LogP contribution < -0.4 is 0 Å². The molecule has 3 atom stereocenters. The van der Waals surface area contributed by atoms with E-state index in [1.54, 1.807) is 0 Å². The molecule has 88 valence electrons. The van der Waals surface area contributed by atoms with Crippen LogP contribution in [0.5, 0.6) is 0 Å². The van der Waals surface area contributed by atoms with Crippen molar-refractivity contribution in [2.75, 3.05) is 6.61 Å². The molecule has 0 heterocycles. The molecule has 2 nitrogen and oxygen atoms in total. The summed E-state index contributed by atoms with van der Waals surface area (Å²) >= 11 is 6.06. The van der Waals surface area contributed by atoms with Gasteiger partial charge in [-0.3, -0.25) is 4.79 Å². The fraction of sp³-hybridized carbons (Fsp3) is 0.917. The lowest BCUT2D eigenvalue weighted by atomic mass is 9.80. The molecule has 0 aromatic rings. The lowest BCUT2D eigenvalue weighted by Crippen LogP contribution is -2.31. The minimum atomic E-state index is -0.0143. The fourth-order valence-electron chi connectivity index (χ4n) is 2.10. The molecule has 1 fully saturated rings. The Morgan fingerprint density at radius 2 is 2.20 bits per heavy atom. The van der Waals surface area contributed by atoms with Crippen LogP contribution in [0, 0.1) is 11.8 Å². The van der Waals surface area contributed by atoms with Crippen molar-refractivity contribution in [3.63, 3.8) is 0 Å². The molecule has 1 saturated carbocycles. The van der Waals surface area contributed by atoms with Crippen molar-refractivity contribution in [1.29, 1.82) is 0 Å². The summed E-state index contributed by atoms with van der Waals surface area (Å²) in [6.07, 6.45) is 4.80. The quantitative estimate of drug-likeness (QED) is 0.422. The average Bonchev–Trinajstić information content (AvgIpc) is 2.17. The monoisotopic (exact) mass is 232 g/mol. The van der Waals surface area contributed by atoms with E-state index in [1.165, 1.54) is 0 Å². The van der Waals surface area contributed by atoms with Crippen molar-refractivity contribution in [3.8, 4) is 0 Å². The van der Waals surface area contributed by atoms with Crippen molar-refractivity contribution >= 4 is 17.6 Å². The molecular weight excluding hydrogens is 212 g/mol. The van der Waals surface area contributed by atoms with Crippen LogP contribution >= 0.6 is 11.6 Å². The maximum atomic E-state index is 11.7. The number of unbranched alkanes of at least 4 members (excludes halogenated alkanes) is 1. The van der Waals surface area contributed by atoms with Crippen molar-refractivity contribution in [1.82, 2.24) is 0 Å². The molecule has 0 aliphatic heterocycles. The standard InChI is InChI=1S/C12H21ClO2/c1-3-4-7-15-12(14)11-6-5-10(13)8-9(11)2/h9-11H,3-8H2,1-2H3. The molecule has 1 rings (SSSR count). The third-order valence-corrected chi connectivity index (χ3v) is 3.55. The first-order valence-electron chi connectivity index (χ1n) is 5.95. The Bertz CT molecular complexity index is 206. The van der Waals surface area contributed by atoms with Gasteiger partial charge < -0.3 is 4.74 Å². The molecule has 0 bridgehead atoms. The molecule has 1 aliphatic carbocycles. The van der Waals surface area contributed by atoms with Gasteiger partial charge in [0.25, 0.3) is 0 Å². The summed E-state index contributed by atoms with van der Waals surface area (Å²) in [6.45, 7) is 4.76. The highest BCUT2D eigenvalue weighted by atomic mass is 35.5. The number of halogens is 1. The molecule has 0 saturated heterocycles. The number of alkyl halides is 1. The van der Waals surface area contributed by atoms with Gasteiger partial charge in [-0.15, -0.1) is 11.6 Å². The van der Waals surface area contributed by atoms with Crippen LogP contribution in [0.3, 0.4) is 0 Å². The molecule has 1 aliphatic rings. The highest BCUT2D eigenvalue weighted by Gasteiger charge is 2.32. The smallest absolute Gasteiger partial charge is 0.309 e. The van der Waals surface area contributed by atoms with Crippen LogP contribution in [0.15, 0.2) is 0 Å². The average molecular weight is 233 g/mol. The van der Waals surface area contributed by atoms with Crippen LogP contribution in [0.2, 0.25) is 0 Å². The molecule has 15 heavy (non-hydrogen) atoms. The van der Waals surface area contributed by atoms with Gasteiger partial charge in [0, 0.05) is 5.38 Å². The van der Waals surface area contributed by atoms with Crippen molar-refractivity contribution < 1.29 is 9.53 Å². The van der Waals surface area contributed by atoms with Gasteiger partial charge in [-0.05, 0) is 31.6 Å². The summed E-state index contributed by atoms with van der Waals surface area (Å²) in [5, 5.41) is 0.250. The third-order valence-electron chi connectivity index (χ3n) is 3.15. The molecule has 0 N–H and O–H groups in total. The van der Waals surface area contributed by atoms with Gasteiger partial charge in [0.05, 0.1) is 12.5 Å². The predicted octanol–water partition coefficient (Wildman–Crippen LogP) is 3.37. The molecule has 0 amide bonds. The van der Waals surface area contributed by atoms with Gasteiger partial charge in [0.15, 0.2) is 0 Å². The molecular formula is C12H21ClO2. The zero-order valence-electron chi connectivity index (χ0n) is 9.67. The summed E-state index contributed by atoms with van der Waals surface area (Å²) in [5.41, 5.74) is 0. The molecule has 3 unspecified atom stereocenters. The van der Waals surface area contributed by atoms with E-state index in [1.807, 2.05) is 0 Å². The number of ether oxygens (including phenoxy) is 1. The summed E-state index contributed by atoms with van der Waals surface area (Å²) < 4.78 is 5.25. The largest absolute Gasteiger partial charge is 0.465 e. The Morgan fingerprint density at radius 1 is 1.47 bits per heavy atom. The van der Waals surface area contributed by atoms with E-state index in [-0.39, 0.29) is 17.3 Å². The van der Waals surface area contributed by atoms with Gasteiger partial charge in [-0.1, -0.05) is 20.3 Å². The van der Waals surface area contributed by atoms with Crippen LogP contribution in [-0.2, 0) is 9.53 Å². The Morgan fingerprint density at radius 3 is 2.80 bits per heavy atom. The van der Waals surface area contributed by atoms with E-state index < -0.39 is 0 Å². The summed E-state index contributed by atoms with van der Waals surface area (Å²) in [7, 11) is 0. The van der Waals surface area contributed by atoms with Crippen molar-refractivity contribution in [3.05, 3.63) is 0 Å². The number of carbonyl (C=O) groups excluding carboxylic acids is 1. The van der Waals surface area contributed by atoms with E-state index in [2.05, 4.69) is 13.8 Å². The number of carbonyl (C=O) groups is 1. The summed E-state index contributed by atoms with van der Waals surface area (Å²) in [5.74, 6) is 0.437. The highest BCUT2D eigenvalue weighted by Crippen LogP contribution is 2.33. The maximum absolute atomic E-state index is 11.7. The van der Waals surface area contributed by atoms with Gasteiger partial charge in [-0.25, -0.2) is 0 Å². The number of esters is 1. The Kier molecular flexibility index (Phi) is 5.44. The number of hydrogen-bond acceptors (Lipinski definition) is 2. The van der Waals surface area contributed by atoms with Crippen LogP contribution in [0.1, 0.15) is 46.0 Å². The Hall–Kier alpha value is -0.240. The summed E-state index contributed by atoms with van der Waals surface area (Å²) in [6, 6.07) is 0. The van der Waals surface area contributed by atoms with Crippen LogP contribution in [0.25, 0.3) is 0 Å². The minimum absolute atomic E-state index is 0.0143. The van der Waals surface area contributed by atoms with E-state index in [0.29, 0.717) is 12.5 Å². The van der Waals surface area contributed by atoms with Gasteiger partial charge in [-0.2, -0.15) is 0 Å². The van der Waals surface area contributed by atoms with Crippen molar-refractivity contribution in [2.45, 2.75) is 51.3 Å². The maximum Gasteiger partial charge on any atom is 0.309 e. The van der Waals surface area contributed by atoms with Gasteiger partial charge >= 0.3 is 5.97 Å². The second kappa shape index (κ2) is 6.37. The first kappa shape index (κ1) is 12.8. The zero-order valence-corrected chi connectivity index (χ0v) is 10.4. The van der Waals surface area contributed by atoms with E-state index in [9.17, 15) is 4.79 Å². The molecule has 3 heteroatoms. The SMILES string of the molecule is CCCCOC(=O)C1CCC(Cl)CC1C. The third kappa shape index (κ3) is 4.02. The molecule has 0 aromatic heterocycles. The lowest BCUT2D eigenvalue weighted by molar-refractivity contribution is -0.151. The lowest BCUT2D eigenvalue weighted by Gasteiger charge is -2.29. The zero-order chi connectivity index (χ0) is 11.3. The molecule has 0 aromatic carbocycles. The first-order valence-corrected chi connectivity index (χ1v) is 6.39. The topological polar surface area (TPSA) is 26.3 Å². The van der Waals surface area contributed by atoms with Crippen LogP contribution in [-0.4, -0.2) is 18.0 Å². The summed E-state index contributed by atoms with van der Waals surface area (Å²) in [4.78, 5) is 11.7. The molecule has 0 radical (unpaired) electrons. The van der Waals surface area contributed by atoms with E-state index in [4.69, 9.17) is 16.3 Å². The second-order valence-electron chi connectivity index (χ2n) is 4.52. The highest BCUT2D eigenvalue weighted by molar-refractivity contribution is 6.20. The van der Waals surface area contributed by atoms with Gasteiger partial charge in [0.1, 0.15) is 0 Å². The second-order valence-corrected chi connectivity index (χ2v) is 5.13. The van der Waals surface area contributed by atoms with E-state index in [0.717, 1.165) is 32.1 Å². The van der Waals surface area contributed by atoms with E-state index >= 15 is 0 Å². The Labute approximate surface area is 97.3 Å². The number of hydrogen-bond donors (Lipinski definition) is 0. The predicted molar refractivity (Wildman–Crippen MR) is 62.0 cm³/mol. The first-order chi connectivity index (χ1) is 7.15. The minimum Gasteiger partial charge on any atom is -0.465 e. The Balaban J connectivity index is 2.32.